The highest BCUT2D eigenvalue weighted by molar-refractivity contribution is 7.19. The number of thiophene rings is 1. The average Bonchev–Trinajstić information content (AvgIpc) is 3.56. The first kappa shape index (κ1) is 23.2. The van der Waals surface area contributed by atoms with Gasteiger partial charge in [-0.2, -0.15) is 10.1 Å². The van der Waals surface area contributed by atoms with E-state index in [9.17, 15) is 0 Å². The molecule has 2 N–H and O–H groups in total. The molecular formula is C26H37N7OS. The van der Waals surface area contributed by atoms with Crippen molar-refractivity contribution in [2.24, 2.45) is 0 Å². The molecule has 2 fully saturated rings. The van der Waals surface area contributed by atoms with Crippen molar-refractivity contribution >= 4 is 39.0 Å². The molecule has 0 spiro atoms. The summed E-state index contributed by atoms with van der Waals surface area (Å²) in [6.07, 6.45) is 12.3. The van der Waals surface area contributed by atoms with E-state index < -0.39 is 0 Å². The zero-order valence-corrected chi connectivity index (χ0v) is 22.0. The molecule has 4 heterocycles. The molecule has 9 heteroatoms. The first-order valence-electron chi connectivity index (χ1n) is 13.2. The summed E-state index contributed by atoms with van der Waals surface area (Å²) >= 11 is 1.85. The number of hydrogen-bond acceptors (Lipinski definition) is 8. The van der Waals surface area contributed by atoms with Crippen LogP contribution in [-0.4, -0.2) is 63.0 Å². The number of fused-ring (bicyclic) bond motifs is 3. The Morgan fingerprint density at radius 1 is 1.06 bits per heavy atom. The predicted octanol–water partition coefficient (Wildman–Crippen LogP) is 4.93. The number of nitrogens with zero attached hydrogens (tertiary/aromatic N) is 5. The standard InChI is InChI=1S/C26H37N7OS/c1-26(2,3)33-16-18(15-27-33)29-25-30-23(22-20-5-4-6-21(20)35-24(22)31-25)28-17-7-9-19(10-8-17)32-11-13-34-14-12-32/h15-17,19H,4-14H2,1-3H3,(H2,28,29,30,31). The number of morpholine rings is 1. The van der Waals surface area contributed by atoms with Crippen LogP contribution in [0.25, 0.3) is 10.2 Å². The fraction of sp³-hybridized carbons (Fsp3) is 0.654. The fourth-order valence-electron chi connectivity index (χ4n) is 5.76. The lowest BCUT2D eigenvalue weighted by Gasteiger charge is -2.39. The summed E-state index contributed by atoms with van der Waals surface area (Å²) in [7, 11) is 0. The smallest absolute Gasteiger partial charge is 0.230 e. The maximum atomic E-state index is 5.55. The van der Waals surface area contributed by atoms with E-state index in [1.165, 1.54) is 54.4 Å². The van der Waals surface area contributed by atoms with Gasteiger partial charge in [-0.15, -0.1) is 11.3 Å². The SMILES string of the molecule is CC(C)(C)n1cc(Nc2nc(NC3CCC(N4CCOCC4)CC3)c3c4c(sc3n2)CCC4)cn1. The number of rotatable bonds is 5. The third-order valence-corrected chi connectivity index (χ3v) is 8.88. The van der Waals surface area contributed by atoms with E-state index in [2.05, 4.69) is 41.4 Å². The van der Waals surface area contributed by atoms with Gasteiger partial charge in [-0.3, -0.25) is 9.58 Å². The minimum Gasteiger partial charge on any atom is -0.379 e. The second-order valence-corrected chi connectivity index (χ2v) is 12.3. The van der Waals surface area contributed by atoms with Crippen molar-refractivity contribution in [1.82, 2.24) is 24.6 Å². The first-order valence-corrected chi connectivity index (χ1v) is 14.0. The Morgan fingerprint density at radius 3 is 2.60 bits per heavy atom. The summed E-state index contributed by atoms with van der Waals surface area (Å²) < 4.78 is 7.53. The van der Waals surface area contributed by atoms with Gasteiger partial charge >= 0.3 is 0 Å². The largest absolute Gasteiger partial charge is 0.379 e. The van der Waals surface area contributed by atoms with Crippen molar-refractivity contribution in [2.75, 3.05) is 36.9 Å². The molecule has 1 saturated carbocycles. The quantitative estimate of drug-likeness (QED) is 0.519. The molecule has 0 aromatic carbocycles. The number of ether oxygens (including phenoxy) is 1. The Kier molecular flexibility index (Phi) is 6.18. The summed E-state index contributed by atoms with van der Waals surface area (Å²) in [5.74, 6) is 1.66. The molecule has 1 saturated heterocycles. The zero-order chi connectivity index (χ0) is 24.0. The van der Waals surface area contributed by atoms with Gasteiger partial charge in [-0.1, -0.05) is 0 Å². The van der Waals surface area contributed by atoms with Crippen LogP contribution < -0.4 is 10.6 Å². The van der Waals surface area contributed by atoms with Crippen molar-refractivity contribution < 1.29 is 4.74 Å². The van der Waals surface area contributed by atoms with Crippen LogP contribution in [0.5, 0.6) is 0 Å². The molecule has 1 aliphatic heterocycles. The van der Waals surface area contributed by atoms with Crippen LogP contribution in [0.2, 0.25) is 0 Å². The summed E-state index contributed by atoms with van der Waals surface area (Å²) in [6.45, 7) is 10.4. The van der Waals surface area contributed by atoms with E-state index in [4.69, 9.17) is 14.7 Å². The van der Waals surface area contributed by atoms with Crippen LogP contribution in [-0.2, 0) is 23.1 Å². The van der Waals surface area contributed by atoms with Crippen molar-refractivity contribution in [2.45, 2.75) is 83.3 Å². The monoisotopic (exact) mass is 495 g/mol. The van der Waals surface area contributed by atoms with Crippen molar-refractivity contribution in [1.29, 1.82) is 0 Å². The third kappa shape index (κ3) is 4.78. The molecule has 0 radical (unpaired) electrons. The van der Waals surface area contributed by atoms with Crippen LogP contribution in [0.1, 0.15) is 63.3 Å². The van der Waals surface area contributed by atoms with Gasteiger partial charge in [-0.05, 0) is 71.3 Å². The van der Waals surface area contributed by atoms with Crippen molar-refractivity contribution in [3.63, 3.8) is 0 Å². The number of hydrogen-bond donors (Lipinski definition) is 2. The van der Waals surface area contributed by atoms with E-state index in [1.807, 2.05) is 28.4 Å². The van der Waals surface area contributed by atoms with Crippen LogP contribution in [0.3, 0.4) is 0 Å². The zero-order valence-electron chi connectivity index (χ0n) is 21.1. The molecule has 8 nitrogen and oxygen atoms in total. The van der Waals surface area contributed by atoms with Crippen LogP contribution in [0.4, 0.5) is 17.5 Å². The summed E-state index contributed by atoms with van der Waals surface area (Å²) in [5, 5.41) is 13.1. The molecule has 0 unspecified atom stereocenters. The van der Waals surface area contributed by atoms with Gasteiger partial charge in [0, 0.05) is 36.2 Å². The molecule has 0 bridgehead atoms. The normalized spacial score (nSPS) is 23.5. The lowest BCUT2D eigenvalue weighted by Crippen LogP contribution is -2.46. The minimum absolute atomic E-state index is 0.0634. The number of nitrogens with one attached hydrogen (secondary N) is 2. The number of aryl methyl sites for hydroxylation is 2. The van der Waals surface area contributed by atoms with Crippen LogP contribution >= 0.6 is 11.3 Å². The Balaban J connectivity index is 1.23. The molecular weight excluding hydrogens is 458 g/mol. The van der Waals surface area contributed by atoms with Gasteiger partial charge in [0.1, 0.15) is 10.6 Å². The molecule has 3 aromatic rings. The molecule has 35 heavy (non-hydrogen) atoms. The lowest BCUT2D eigenvalue weighted by molar-refractivity contribution is 0.00791. The van der Waals surface area contributed by atoms with Gasteiger partial charge in [-0.25, -0.2) is 4.98 Å². The Labute approximate surface area is 211 Å². The van der Waals surface area contributed by atoms with E-state index in [0.717, 1.165) is 49.1 Å². The van der Waals surface area contributed by atoms with Gasteiger partial charge in [0.2, 0.25) is 5.95 Å². The van der Waals surface area contributed by atoms with Gasteiger partial charge in [0.25, 0.3) is 0 Å². The molecule has 6 rings (SSSR count). The van der Waals surface area contributed by atoms with Crippen molar-refractivity contribution in [3.8, 4) is 0 Å². The van der Waals surface area contributed by atoms with E-state index >= 15 is 0 Å². The van der Waals surface area contributed by atoms with Gasteiger partial charge < -0.3 is 15.4 Å². The molecule has 3 aromatic heterocycles. The highest BCUT2D eigenvalue weighted by Crippen LogP contribution is 2.41. The number of anilines is 3. The van der Waals surface area contributed by atoms with E-state index in [1.54, 1.807) is 0 Å². The fourth-order valence-corrected chi connectivity index (χ4v) is 7.02. The first-order chi connectivity index (χ1) is 16.9. The van der Waals surface area contributed by atoms with Gasteiger partial charge in [0.05, 0.1) is 36.0 Å². The lowest BCUT2D eigenvalue weighted by atomic mass is 9.90. The number of aromatic nitrogens is 4. The van der Waals surface area contributed by atoms with Crippen LogP contribution in [0, 0.1) is 0 Å². The second kappa shape index (κ2) is 9.33. The molecule has 0 amide bonds. The molecule has 0 atom stereocenters. The second-order valence-electron chi connectivity index (χ2n) is 11.2. The van der Waals surface area contributed by atoms with Crippen LogP contribution in [0.15, 0.2) is 12.4 Å². The molecule has 188 valence electrons. The Morgan fingerprint density at radius 2 is 1.86 bits per heavy atom. The maximum absolute atomic E-state index is 5.55. The van der Waals surface area contributed by atoms with E-state index in [-0.39, 0.29) is 5.54 Å². The highest BCUT2D eigenvalue weighted by Gasteiger charge is 2.29. The average molecular weight is 496 g/mol. The summed E-state index contributed by atoms with van der Waals surface area (Å²) in [4.78, 5) is 15.2. The highest BCUT2D eigenvalue weighted by atomic mass is 32.1. The minimum atomic E-state index is -0.0634. The molecule has 2 aliphatic carbocycles. The summed E-state index contributed by atoms with van der Waals surface area (Å²) in [5.41, 5.74) is 2.33. The predicted molar refractivity (Wildman–Crippen MR) is 142 cm³/mol. The Hall–Kier alpha value is -2.23. The maximum Gasteiger partial charge on any atom is 0.230 e. The Bertz CT molecular complexity index is 1180. The molecule has 3 aliphatic rings. The van der Waals surface area contributed by atoms with Gasteiger partial charge in [0.15, 0.2) is 0 Å². The van der Waals surface area contributed by atoms with E-state index in [0.29, 0.717) is 18.0 Å². The van der Waals surface area contributed by atoms with Crippen molar-refractivity contribution in [3.05, 3.63) is 22.8 Å². The third-order valence-electron chi connectivity index (χ3n) is 7.69. The summed E-state index contributed by atoms with van der Waals surface area (Å²) in [6, 6.07) is 1.16. The topological polar surface area (TPSA) is 80.1 Å².